The minimum absolute atomic E-state index is 0.228. The van der Waals surface area contributed by atoms with Crippen LogP contribution in [-0.2, 0) is 0 Å². The third-order valence-electron chi connectivity index (χ3n) is 3.65. The van der Waals surface area contributed by atoms with Gasteiger partial charge in [-0.05, 0) is 17.7 Å². The van der Waals surface area contributed by atoms with E-state index in [-0.39, 0.29) is 13.2 Å². The van der Waals surface area contributed by atoms with Gasteiger partial charge in [-0.3, -0.25) is 4.90 Å². The average molecular weight is 265 g/mol. The first-order valence-electron chi connectivity index (χ1n) is 6.81. The number of aliphatic hydroxyl groups excluding tert-OH is 2. The minimum Gasteiger partial charge on any atom is -0.395 e. The van der Waals surface area contributed by atoms with Gasteiger partial charge in [0, 0.05) is 45.0 Å². The van der Waals surface area contributed by atoms with Gasteiger partial charge in [0.25, 0.3) is 0 Å². The molecule has 2 rings (SSSR count). The SMILES string of the molecule is NCC(O)c1ccc(N2CCN(CCO)CC2)cc1. The van der Waals surface area contributed by atoms with Crippen molar-refractivity contribution in [2.24, 2.45) is 5.73 Å². The highest BCUT2D eigenvalue weighted by atomic mass is 16.3. The molecule has 5 nitrogen and oxygen atoms in total. The van der Waals surface area contributed by atoms with Crippen LogP contribution in [0.2, 0.25) is 0 Å². The van der Waals surface area contributed by atoms with Crippen LogP contribution in [0.1, 0.15) is 11.7 Å². The van der Waals surface area contributed by atoms with Crippen molar-refractivity contribution in [3.05, 3.63) is 29.8 Å². The number of nitrogens with zero attached hydrogens (tertiary/aromatic N) is 2. The summed E-state index contributed by atoms with van der Waals surface area (Å²) in [5.41, 5.74) is 7.49. The molecule has 0 bridgehead atoms. The zero-order valence-electron chi connectivity index (χ0n) is 11.2. The van der Waals surface area contributed by atoms with Crippen LogP contribution in [-0.4, -0.2) is 61.0 Å². The predicted octanol–water partition coefficient (Wildman–Crippen LogP) is -0.207. The van der Waals surface area contributed by atoms with Crippen molar-refractivity contribution < 1.29 is 10.2 Å². The van der Waals surface area contributed by atoms with Gasteiger partial charge in [-0.15, -0.1) is 0 Å². The average Bonchev–Trinajstić information content (AvgIpc) is 2.48. The molecule has 0 spiro atoms. The van der Waals surface area contributed by atoms with E-state index in [2.05, 4.69) is 9.80 Å². The lowest BCUT2D eigenvalue weighted by molar-refractivity contribution is 0.186. The molecule has 1 saturated heterocycles. The number of rotatable bonds is 5. The Morgan fingerprint density at radius 2 is 1.74 bits per heavy atom. The molecular weight excluding hydrogens is 242 g/mol. The van der Waals surface area contributed by atoms with Crippen LogP contribution in [0.25, 0.3) is 0 Å². The number of aliphatic hydroxyl groups is 2. The van der Waals surface area contributed by atoms with E-state index < -0.39 is 6.10 Å². The predicted molar refractivity (Wildman–Crippen MR) is 76.2 cm³/mol. The lowest BCUT2D eigenvalue weighted by Gasteiger charge is -2.35. The second-order valence-electron chi connectivity index (χ2n) is 4.90. The van der Waals surface area contributed by atoms with Gasteiger partial charge in [-0.1, -0.05) is 12.1 Å². The molecular formula is C14H23N3O2. The lowest BCUT2D eigenvalue weighted by atomic mass is 10.1. The fourth-order valence-corrected chi connectivity index (χ4v) is 2.41. The normalized spacial score (nSPS) is 18.6. The summed E-state index contributed by atoms with van der Waals surface area (Å²) < 4.78 is 0. The summed E-state index contributed by atoms with van der Waals surface area (Å²) in [5.74, 6) is 0. The van der Waals surface area contributed by atoms with Crippen LogP contribution in [0.3, 0.4) is 0 Å². The molecule has 1 aromatic carbocycles. The molecule has 1 unspecified atom stereocenters. The third-order valence-corrected chi connectivity index (χ3v) is 3.65. The van der Waals surface area contributed by atoms with E-state index in [0.29, 0.717) is 0 Å². The first-order chi connectivity index (χ1) is 9.24. The number of nitrogens with two attached hydrogens (primary N) is 1. The molecule has 1 atom stereocenters. The van der Waals surface area contributed by atoms with Crippen LogP contribution < -0.4 is 10.6 Å². The Morgan fingerprint density at radius 3 is 2.26 bits per heavy atom. The molecule has 0 aliphatic carbocycles. The van der Waals surface area contributed by atoms with Gasteiger partial charge >= 0.3 is 0 Å². The summed E-state index contributed by atoms with van der Waals surface area (Å²) in [7, 11) is 0. The van der Waals surface area contributed by atoms with Crippen LogP contribution in [0, 0.1) is 0 Å². The monoisotopic (exact) mass is 265 g/mol. The molecule has 5 heteroatoms. The quantitative estimate of drug-likeness (QED) is 0.687. The highest BCUT2D eigenvalue weighted by Gasteiger charge is 2.16. The zero-order chi connectivity index (χ0) is 13.7. The van der Waals surface area contributed by atoms with Gasteiger partial charge in [-0.2, -0.15) is 0 Å². The van der Waals surface area contributed by atoms with E-state index in [9.17, 15) is 5.11 Å². The molecule has 0 radical (unpaired) electrons. The van der Waals surface area contributed by atoms with Gasteiger partial charge in [0.1, 0.15) is 0 Å². The Morgan fingerprint density at radius 1 is 1.11 bits per heavy atom. The molecule has 0 saturated carbocycles. The van der Waals surface area contributed by atoms with Crippen molar-refractivity contribution in [1.29, 1.82) is 0 Å². The molecule has 0 amide bonds. The van der Waals surface area contributed by atoms with Gasteiger partial charge in [0.15, 0.2) is 0 Å². The van der Waals surface area contributed by atoms with Gasteiger partial charge in [0.2, 0.25) is 0 Å². The molecule has 19 heavy (non-hydrogen) atoms. The maximum absolute atomic E-state index is 9.66. The van der Waals surface area contributed by atoms with E-state index in [1.54, 1.807) is 0 Å². The number of anilines is 1. The van der Waals surface area contributed by atoms with Crippen molar-refractivity contribution >= 4 is 5.69 Å². The third kappa shape index (κ3) is 3.67. The van der Waals surface area contributed by atoms with Crippen LogP contribution >= 0.6 is 0 Å². The van der Waals surface area contributed by atoms with Crippen molar-refractivity contribution in [3.8, 4) is 0 Å². The summed E-state index contributed by atoms with van der Waals surface area (Å²) in [5, 5.41) is 18.6. The Hall–Kier alpha value is -1.14. The van der Waals surface area contributed by atoms with Gasteiger partial charge < -0.3 is 20.8 Å². The van der Waals surface area contributed by atoms with Crippen LogP contribution in [0.15, 0.2) is 24.3 Å². The van der Waals surface area contributed by atoms with Gasteiger partial charge in [-0.25, -0.2) is 0 Å². The molecule has 4 N–H and O–H groups in total. The molecule has 1 aromatic rings. The second kappa shape index (κ2) is 6.86. The van der Waals surface area contributed by atoms with E-state index in [4.69, 9.17) is 10.8 Å². The molecule has 1 aliphatic rings. The molecule has 1 aliphatic heterocycles. The number of β-amino-alcohol motifs (C(OH)–C–C–N with tert-alkyl or cyclic N) is 1. The molecule has 1 fully saturated rings. The Labute approximate surface area is 114 Å². The Bertz CT molecular complexity index is 375. The summed E-state index contributed by atoms with van der Waals surface area (Å²) in [6.45, 7) is 5.14. The number of benzene rings is 1. The standard InChI is InChI=1S/C14H23N3O2/c15-11-14(19)12-1-3-13(4-2-12)17-7-5-16(6-8-17)9-10-18/h1-4,14,18-19H,5-11,15H2. The summed E-state index contributed by atoms with van der Waals surface area (Å²) >= 11 is 0. The molecule has 106 valence electrons. The Balaban J connectivity index is 1.92. The maximum atomic E-state index is 9.66. The smallest absolute Gasteiger partial charge is 0.0912 e. The van der Waals surface area contributed by atoms with Crippen molar-refractivity contribution in [3.63, 3.8) is 0 Å². The number of piperazine rings is 1. The van der Waals surface area contributed by atoms with Crippen LogP contribution in [0.4, 0.5) is 5.69 Å². The van der Waals surface area contributed by atoms with E-state index in [0.717, 1.165) is 38.3 Å². The fraction of sp³-hybridized carbons (Fsp3) is 0.571. The van der Waals surface area contributed by atoms with Crippen LogP contribution in [0.5, 0.6) is 0 Å². The van der Waals surface area contributed by atoms with Crippen molar-refractivity contribution in [2.45, 2.75) is 6.10 Å². The largest absolute Gasteiger partial charge is 0.395 e. The van der Waals surface area contributed by atoms with E-state index in [1.165, 1.54) is 5.69 Å². The van der Waals surface area contributed by atoms with Crippen molar-refractivity contribution in [2.75, 3.05) is 50.8 Å². The minimum atomic E-state index is -0.574. The van der Waals surface area contributed by atoms with E-state index in [1.807, 2.05) is 24.3 Å². The summed E-state index contributed by atoms with van der Waals surface area (Å²) in [4.78, 5) is 4.59. The van der Waals surface area contributed by atoms with Crippen molar-refractivity contribution in [1.82, 2.24) is 4.90 Å². The lowest BCUT2D eigenvalue weighted by Crippen LogP contribution is -2.47. The fourth-order valence-electron chi connectivity index (χ4n) is 2.41. The summed E-state index contributed by atoms with van der Waals surface area (Å²) in [6, 6.07) is 7.95. The maximum Gasteiger partial charge on any atom is 0.0912 e. The highest BCUT2D eigenvalue weighted by Crippen LogP contribution is 2.20. The molecule has 0 aromatic heterocycles. The number of hydrogen-bond acceptors (Lipinski definition) is 5. The Kier molecular flexibility index (Phi) is 5.15. The first kappa shape index (κ1) is 14.3. The topological polar surface area (TPSA) is 73.0 Å². The zero-order valence-corrected chi connectivity index (χ0v) is 11.2. The van der Waals surface area contributed by atoms with E-state index >= 15 is 0 Å². The van der Waals surface area contributed by atoms with Gasteiger partial charge in [0.05, 0.1) is 12.7 Å². The first-order valence-corrected chi connectivity index (χ1v) is 6.81. The molecule has 1 heterocycles. The summed E-state index contributed by atoms with van der Waals surface area (Å²) in [6.07, 6.45) is -0.574. The second-order valence-corrected chi connectivity index (χ2v) is 4.90. The highest BCUT2D eigenvalue weighted by molar-refractivity contribution is 5.48. The number of hydrogen-bond donors (Lipinski definition) is 3.